The Balaban J connectivity index is 0.000000154. The Labute approximate surface area is 772 Å². The monoisotopic (exact) mass is 1880 g/mol. The summed E-state index contributed by atoms with van der Waals surface area (Å²) in [6.07, 6.45) is 27.1. The molecule has 3 fully saturated rings. The topological polar surface area (TPSA) is 419 Å². The van der Waals surface area contributed by atoms with Gasteiger partial charge in [0.05, 0.1) is 19.3 Å². The summed E-state index contributed by atoms with van der Waals surface area (Å²) in [5.74, 6) is -12.2. The van der Waals surface area contributed by atoms with Gasteiger partial charge in [0.15, 0.2) is 5.78 Å². The van der Waals surface area contributed by atoms with Crippen molar-refractivity contribution in [1.82, 2.24) is 27.4 Å². The Morgan fingerprint density at radius 1 is 0.321 bits per heavy atom. The molecule has 7 aromatic carbocycles. The van der Waals surface area contributed by atoms with E-state index in [-0.39, 0.29) is 90.9 Å². The molecule has 28 nitrogen and oxygen atoms in total. The number of rotatable bonds is 19. The molecule has 0 amide bonds. The molecule has 17 rings (SSSR count). The van der Waals surface area contributed by atoms with Crippen molar-refractivity contribution in [3.63, 3.8) is 0 Å². The first kappa shape index (κ1) is 101. The molecule has 6 aromatic heterocycles. The average molecular weight is 1880 g/mol. The molecule has 0 spiro atoms. The van der Waals surface area contributed by atoms with Crippen molar-refractivity contribution in [2.24, 2.45) is 7.05 Å². The number of carbonyl (C=O) groups excluding carboxylic acids is 1. The largest absolute Gasteiger partial charge is 0.478 e. The molecule has 7 heterocycles. The van der Waals surface area contributed by atoms with Crippen molar-refractivity contribution in [3.8, 4) is 66.8 Å². The number of ether oxygens (including phenoxy) is 1. The summed E-state index contributed by atoms with van der Waals surface area (Å²) in [7, 11) is 1.62. The first-order valence-corrected chi connectivity index (χ1v) is 42.1. The summed E-state index contributed by atoms with van der Waals surface area (Å²) in [6, 6.07) is 38.4. The van der Waals surface area contributed by atoms with Crippen molar-refractivity contribution in [2.45, 2.75) is 96.4 Å². The minimum atomic E-state index is -1.28. The highest BCUT2D eigenvalue weighted by Gasteiger charge is 2.30. The fourth-order valence-electron chi connectivity index (χ4n) is 14.4. The summed E-state index contributed by atoms with van der Waals surface area (Å²) < 4.78 is 105. The number of aryl methyl sites for hydroxylation is 2. The van der Waals surface area contributed by atoms with Gasteiger partial charge in [-0.15, -0.1) is 0 Å². The maximum Gasteiger partial charge on any atom is 0.341 e. The van der Waals surface area contributed by atoms with E-state index in [2.05, 4.69) is 0 Å². The first-order chi connectivity index (χ1) is 65.2. The first-order valence-electron chi connectivity index (χ1n) is 42.1. The number of carboxylic acids is 7. The van der Waals surface area contributed by atoms with Gasteiger partial charge in [-0.25, -0.2) is 64.3 Å². The summed E-state index contributed by atoms with van der Waals surface area (Å²) in [4.78, 5) is 163. The number of aromatic carboxylic acids is 6. The molecule has 0 bridgehead atoms. The van der Waals surface area contributed by atoms with E-state index in [9.17, 15) is 108 Å². The molecule has 7 N–H and O–H groups in total. The van der Waals surface area contributed by atoms with E-state index in [1.165, 1.54) is 224 Å². The highest BCUT2D eigenvalue weighted by atomic mass is 19.2. The van der Waals surface area contributed by atoms with Crippen LogP contribution in [-0.4, -0.2) is 124 Å². The lowest BCUT2D eigenvalue weighted by Gasteiger charge is -2.29. The molecule has 3 aliphatic carbocycles. The Kier molecular flexibility index (Phi) is 33.1. The third kappa shape index (κ3) is 25.5. The van der Waals surface area contributed by atoms with Gasteiger partial charge in [0, 0.05) is 145 Å². The molecule has 13 aromatic rings. The molecule has 137 heavy (non-hydrogen) atoms. The van der Waals surface area contributed by atoms with Crippen LogP contribution >= 0.6 is 0 Å². The van der Waals surface area contributed by atoms with E-state index in [0.717, 1.165) is 38.5 Å². The summed E-state index contributed by atoms with van der Waals surface area (Å²) in [6.45, 7) is 7.09. The van der Waals surface area contributed by atoms with Gasteiger partial charge in [-0.2, -0.15) is 0 Å². The quantitative estimate of drug-likeness (QED) is 0.0292. The van der Waals surface area contributed by atoms with Crippen LogP contribution in [0.2, 0.25) is 0 Å². The molecule has 4 aliphatic rings. The minimum absolute atomic E-state index is 0.00731. The minimum Gasteiger partial charge on any atom is -0.478 e. The number of carbonyl (C=O) groups is 8. The van der Waals surface area contributed by atoms with Gasteiger partial charge in [-0.3, -0.25) is 33.6 Å². The van der Waals surface area contributed by atoms with E-state index in [0.29, 0.717) is 76.3 Å². The number of hydrogen-bond acceptors (Lipinski definition) is 15. The molecule has 0 atom stereocenters. The zero-order chi connectivity index (χ0) is 99.5. The second-order valence-corrected chi connectivity index (χ2v) is 31.7. The molecule has 1 aliphatic heterocycles. The number of nitrogens with zero attached hydrogens (tertiary/aromatic N) is 6. The number of aliphatic carboxylic acids is 1. The van der Waals surface area contributed by atoms with Crippen LogP contribution in [0.5, 0.6) is 0 Å². The lowest BCUT2D eigenvalue weighted by molar-refractivity contribution is -0.134. The SMILES string of the molecule is CC(C)n1cc(C(=O)O)c(=O)c(-c2ccc(F)cc2)c1.CCn1cc(C(=O)O)c(=O)c(-c2ccc(F)cc2)c1.Cn1cc(C(=O)O)c(=O)c(-c2ccc(F)cc2)c1.O=C(O)C1=CCC=C(c2ccc(F)cc2)C1=O.O=C(O)c1cn(C2CC2)cc(-c2ccc(F)cc2)c1=O.O=C(O)c1cn(C2CCCC2)cc(-c2ccc(F)cc2)c1=O.O=C(O)c1cn(C2COC2)cc(-c2ccc(F)cc2)c1=O. The average Bonchev–Trinajstić information content (AvgIpc) is 1.07. The van der Waals surface area contributed by atoms with Gasteiger partial charge >= 0.3 is 41.8 Å². The molecule has 0 radical (unpaired) electrons. The smallest absolute Gasteiger partial charge is 0.341 e. The van der Waals surface area contributed by atoms with E-state index in [1.54, 1.807) is 62.4 Å². The molecule has 0 unspecified atom stereocenters. The Hall–Kier alpha value is -16.9. The van der Waals surface area contributed by atoms with Crippen molar-refractivity contribution >= 4 is 53.1 Å². The van der Waals surface area contributed by atoms with Gasteiger partial charge in [-0.1, -0.05) is 110 Å². The lowest BCUT2D eigenvalue weighted by atomic mass is 9.91. The molecular weight excluding hydrogens is 1790 g/mol. The van der Waals surface area contributed by atoms with Gasteiger partial charge < -0.3 is 67.9 Å². The standard InChI is InChI=1S/C17H16FNO3.C15H12FNO4.C15H12FNO3.C15H14FNO3.C14H12FNO3.C13H10FNO3.C13H9FO3/c18-12-7-5-11(6-8-12)14-9-19(13-3-1-2-4-13)10-15(16(14)20)17(21)22;16-10-3-1-9(2-4-10)12-5-17(11-7-21-8-11)6-13(14(12)18)15(19)20;16-10-3-1-9(2-4-10)12-7-17(11-5-6-11)8-13(14(12)18)15(19)20;1-9(2)17-7-12(10-3-5-11(16)6-4-10)14(18)13(8-17)15(19)20;1-2-16-7-11(9-3-5-10(15)6-4-9)13(17)12(8-16)14(18)19;1-15-6-10(8-2-4-9(14)5-3-8)12(16)11(7-15)13(17)18;14-9-6-4-8(5-7-9)10-2-1-3-11(12(10)15)13(16)17/h5-10,13H,1-4H2,(H,21,22);1-6,11H,7-8H2,(H,19,20);1-4,7-8,11H,5-6H2,(H,19,20);3-9H,1-2H3,(H,19,20);3-8H,2H2,1H3,(H,18,19);2-7H,1H3,(H,17,18);2-7H,1H2,(H,16,17). The second kappa shape index (κ2) is 45.0. The van der Waals surface area contributed by atoms with Crippen LogP contribution in [-0.2, 0) is 27.9 Å². The Morgan fingerprint density at radius 3 is 0.876 bits per heavy atom. The highest BCUT2D eigenvalue weighted by molar-refractivity contribution is 6.37. The number of hydrogen-bond donors (Lipinski definition) is 7. The van der Waals surface area contributed by atoms with E-state index in [1.807, 2.05) is 25.3 Å². The molecule has 1 saturated heterocycles. The summed E-state index contributed by atoms with van der Waals surface area (Å²) in [5.41, 5.74) is 0.138. The van der Waals surface area contributed by atoms with Crippen molar-refractivity contribution < 1.29 is 110 Å². The van der Waals surface area contributed by atoms with E-state index >= 15 is 0 Å². The fourth-order valence-corrected chi connectivity index (χ4v) is 14.4. The number of carboxylic acid groups (broad SMARTS) is 7. The molecule has 704 valence electrons. The maximum absolute atomic E-state index is 13.1. The van der Waals surface area contributed by atoms with Crippen molar-refractivity contribution in [2.75, 3.05) is 13.2 Å². The summed E-state index contributed by atoms with van der Waals surface area (Å²) in [5, 5.41) is 63.5. The maximum atomic E-state index is 13.1. The van der Waals surface area contributed by atoms with Crippen LogP contribution in [0.4, 0.5) is 30.7 Å². The number of pyridine rings is 6. The zero-order valence-electron chi connectivity index (χ0n) is 73.2. The van der Waals surface area contributed by atoms with Gasteiger partial charge in [0.25, 0.3) is 0 Å². The van der Waals surface area contributed by atoms with Crippen molar-refractivity contribution in [3.05, 3.63) is 403 Å². The molecule has 35 heteroatoms. The normalized spacial score (nSPS) is 13.0. The van der Waals surface area contributed by atoms with Crippen LogP contribution in [0.15, 0.2) is 291 Å². The zero-order valence-corrected chi connectivity index (χ0v) is 73.2. The van der Waals surface area contributed by atoms with E-state index < -0.39 is 121 Å². The Bertz CT molecular complexity index is 7100. The fraction of sp³-hybridized carbons (Fsp3) is 0.176. The van der Waals surface area contributed by atoms with E-state index in [4.69, 9.17) is 30.3 Å². The predicted molar refractivity (Wildman–Crippen MR) is 491 cm³/mol. The van der Waals surface area contributed by atoms with Crippen LogP contribution < -0.4 is 32.6 Å². The number of benzene rings is 7. The number of halogens is 7. The van der Waals surface area contributed by atoms with Crippen LogP contribution in [0.25, 0.3) is 72.3 Å². The summed E-state index contributed by atoms with van der Waals surface area (Å²) >= 11 is 0. The van der Waals surface area contributed by atoms with Crippen LogP contribution in [0.1, 0.15) is 158 Å². The second-order valence-electron chi connectivity index (χ2n) is 31.7. The third-order valence-corrected chi connectivity index (χ3v) is 22.0. The number of ketones is 1. The predicted octanol–water partition coefficient (Wildman–Crippen LogP) is 17.5. The molecular formula is C102H85F7N6O22. The highest BCUT2D eigenvalue weighted by Crippen LogP contribution is 2.36. The van der Waals surface area contributed by atoms with Crippen LogP contribution in [0.3, 0.4) is 0 Å². The van der Waals surface area contributed by atoms with Gasteiger partial charge in [0.1, 0.15) is 79.7 Å². The van der Waals surface area contributed by atoms with Crippen molar-refractivity contribution in [1.29, 1.82) is 0 Å². The molecule has 2 saturated carbocycles. The lowest BCUT2D eigenvalue weighted by Crippen LogP contribution is -2.32. The van der Waals surface area contributed by atoms with Gasteiger partial charge in [0.2, 0.25) is 32.6 Å². The van der Waals surface area contributed by atoms with Gasteiger partial charge in [-0.05, 0) is 177 Å². The third-order valence-electron chi connectivity index (χ3n) is 22.0. The number of Topliss-reactive ketones (excluding diaryl/α,β-unsaturated/α-hetero) is 1. The Morgan fingerprint density at radius 2 is 0.591 bits per heavy atom. The number of aromatic nitrogens is 6. The van der Waals surface area contributed by atoms with Crippen LogP contribution in [0, 0.1) is 40.7 Å². The number of allylic oxidation sites excluding steroid dienone is 3.